The number of allylic oxidation sites excluding steroid dienone is 5. The third-order valence-electron chi connectivity index (χ3n) is 5.67. The van der Waals surface area contributed by atoms with Crippen LogP contribution in [0.3, 0.4) is 0 Å². The number of rotatable bonds is 8. The zero-order valence-corrected chi connectivity index (χ0v) is 22.3. The van der Waals surface area contributed by atoms with Crippen LogP contribution in [0.1, 0.15) is 46.5 Å². The summed E-state index contributed by atoms with van der Waals surface area (Å²) in [5, 5.41) is 11.9. The van der Waals surface area contributed by atoms with Gasteiger partial charge in [0.05, 0.1) is 17.8 Å². The molecule has 2 heterocycles. The minimum Gasteiger partial charge on any atom is -0.481 e. The number of likely N-dealkylation sites (N-methyl/N-ethyl adjacent to an activating group) is 1. The Hall–Kier alpha value is -3.49. The summed E-state index contributed by atoms with van der Waals surface area (Å²) in [5.41, 5.74) is 2.38. The van der Waals surface area contributed by atoms with Crippen LogP contribution in [-0.4, -0.2) is 79.5 Å². The van der Waals surface area contributed by atoms with Gasteiger partial charge in [-0.15, -0.1) is 0 Å². The lowest BCUT2D eigenvalue weighted by Crippen LogP contribution is -2.50. The maximum atomic E-state index is 14.6. The van der Waals surface area contributed by atoms with Crippen LogP contribution in [0.25, 0.3) is 0 Å². The Kier molecular flexibility index (Phi) is 14.4. The summed E-state index contributed by atoms with van der Waals surface area (Å²) in [4.78, 5) is 27.4. The van der Waals surface area contributed by atoms with E-state index in [0.29, 0.717) is 18.7 Å². The Morgan fingerprint density at radius 2 is 1.97 bits per heavy atom. The molecule has 0 aliphatic carbocycles. The fourth-order valence-corrected chi connectivity index (χ4v) is 3.82. The summed E-state index contributed by atoms with van der Waals surface area (Å²) in [6.45, 7) is 12.1. The molecule has 0 saturated carbocycles. The Morgan fingerprint density at radius 1 is 1.28 bits per heavy atom. The largest absolute Gasteiger partial charge is 0.481 e. The van der Waals surface area contributed by atoms with Gasteiger partial charge in [0.15, 0.2) is 11.7 Å². The molecule has 0 radical (unpaired) electrons. The Morgan fingerprint density at radius 3 is 2.42 bits per heavy atom. The Labute approximate surface area is 215 Å². The average Bonchev–Trinajstić information content (AvgIpc) is 2.89. The second-order valence-electron chi connectivity index (χ2n) is 8.02. The van der Waals surface area contributed by atoms with E-state index in [9.17, 15) is 9.18 Å². The number of carboxylic acid groups (broad SMARTS) is 1. The van der Waals surface area contributed by atoms with Gasteiger partial charge in [0, 0.05) is 52.9 Å². The number of hydrogen-bond acceptors (Lipinski definition) is 6. The van der Waals surface area contributed by atoms with Crippen LogP contribution in [0, 0.1) is 0 Å². The molecule has 2 aliphatic rings. The standard InChI is InChI=1S/C18H25FN4O2.C9H16N2/c1-3-14(13-17(24)25)12-15(19)18(20-2)23-10-8-22(9-11-23)16-6-4-5-7-21-16;1-5-7-9(11-4)8(6-2)10-3/h3,5,7,12H,4,6,8-11,13H2,1-2H3,(H,24,25);6-7,10H,4-5H2,1-3H3/b14-3+,15-12+,20-18?;8-6+,9-7+. The molecule has 0 bridgehead atoms. The molecule has 0 aromatic rings. The molecule has 36 heavy (non-hydrogen) atoms. The molecule has 2 rings (SSSR count). The number of carbonyl (C=O) groups is 1. The number of halogens is 1. The summed E-state index contributed by atoms with van der Waals surface area (Å²) >= 11 is 0. The van der Waals surface area contributed by atoms with E-state index < -0.39 is 11.8 Å². The van der Waals surface area contributed by atoms with Gasteiger partial charge in [0.1, 0.15) is 5.84 Å². The second kappa shape index (κ2) is 17.0. The number of nitrogens with one attached hydrogen (secondary N) is 1. The van der Waals surface area contributed by atoms with E-state index in [1.54, 1.807) is 20.0 Å². The highest BCUT2D eigenvalue weighted by atomic mass is 19.1. The first-order valence-electron chi connectivity index (χ1n) is 12.3. The summed E-state index contributed by atoms with van der Waals surface area (Å²) in [6.07, 6.45) is 13.5. The lowest BCUT2D eigenvalue weighted by molar-refractivity contribution is -0.136. The molecular weight excluding hydrogens is 459 g/mol. The first kappa shape index (κ1) is 30.5. The zero-order chi connectivity index (χ0) is 26.9. The van der Waals surface area contributed by atoms with Crippen molar-refractivity contribution in [3.63, 3.8) is 0 Å². The van der Waals surface area contributed by atoms with Gasteiger partial charge in [0.25, 0.3) is 0 Å². The van der Waals surface area contributed by atoms with Crippen molar-refractivity contribution in [1.82, 2.24) is 15.1 Å². The van der Waals surface area contributed by atoms with E-state index in [-0.39, 0.29) is 12.3 Å². The zero-order valence-electron chi connectivity index (χ0n) is 22.3. The first-order valence-corrected chi connectivity index (χ1v) is 12.3. The molecule has 0 unspecified atom stereocenters. The predicted octanol–water partition coefficient (Wildman–Crippen LogP) is 4.72. The van der Waals surface area contributed by atoms with Crippen molar-refractivity contribution in [3.8, 4) is 0 Å². The lowest BCUT2D eigenvalue weighted by atomic mass is 10.1. The van der Waals surface area contributed by atoms with Gasteiger partial charge in [-0.2, -0.15) is 0 Å². The van der Waals surface area contributed by atoms with Crippen LogP contribution in [0.5, 0.6) is 0 Å². The number of amidine groups is 2. The number of carboxylic acids is 1. The van der Waals surface area contributed by atoms with Gasteiger partial charge in [-0.1, -0.05) is 31.2 Å². The molecule has 0 spiro atoms. The monoisotopic (exact) mass is 500 g/mol. The first-order chi connectivity index (χ1) is 17.3. The summed E-state index contributed by atoms with van der Waals surface area (Å²) in [6, 6.07) is 0. The van der Waals surface area contributed by atoms with Gasteiger partial charge in [-0.3, -0.25) is 14.8 Å². The number of aliphatic imine (C=N–C) groups is 3. The van der Waals surface area contributed by atoms with E-state index in [2.05, 4.69) is 44.9 Å². The molecule has 9 heteroatoms. The van der Waals surface area contributed by atoms with Crippen molar-refractivity contribution in [2.75, 3.05) is 40.3 Å². The van der Waals surface area contributed by atoms with E-state index in [0.717, 1.165) is 49.6 Å². The summed E-state index contributed by atoms with van der Waals surface area (Å²) in [7, 11) is 3.43. The van der Waals surface area contributed by atoms with Crippen molar-refractivity contribution < 1.29 is 14.3 Å². The van der Waals surface area contributed by atoms with Crippen LogP contribution < -0.4 is 5.32 Å². The SMILES string of the molecule is C/C=C(\C=C(\F)C(=NC)N1CCN(C2=NC=CCC2)CC1)CC(=O)O.C=NC(=C/CC)/C(=C\C)NC. The number of piperazine rings is 1. The minimum absolute atomic E-state index is 0.206. The molecular formula is C27H41FN6O2. The minimum atomic E-state index is -0.983. The van der Waals surface area contributed by atoms with Crippen molar-refractivity contribution in [2.24, 2.45) is 15.0 Å². The maximum absolute atomic E-state index is 14.6. The molecule has 1 saturated heterocycles. The Balaban J connectivity index is 0.000000497. The smallest absolute Gasteiger partial charge is 0.307 e. The summed E-state index contributed by atoms with van der Waals surface area (Å²) < 4.78 is 14.6. The number of hydrogen-bond donors (Lipinski definition) is 2. The topological polar surface area (TPSA) is 92.9 Å². The fraction of sp³-hybridized carbons (Fsp3) is 0.481. The molecule has 0 aromatic heterocycles. The molecule has 0 atom stereocenters. The molecule has 2 aliphatic heterocycles. The van der Waals surface area contributed by atoms with Gasteiger partial charge < -0.3 is 20.2 Å². The highest BCUT2D eigenvalue weighted by molar-refractivity contribution is 5.97. The molecule has 8 nitrogen and oxygen atoms in total. The predicted molar refractivity (Wildman–Crippen MR) is 148 cm³/mol. The van der Waals surface area contributed by atoms with E-state index >= 15 is 0 Å². The second-order valence-corrected chi connectivity index (χ2v) is 8.02. The van der Waals surface area contributed by atoms with Gasteiger partial charge >= 0.3 is 5.97 Å². The number of nitrogens with zero attached hydrogens (tertiary/aromatic N) is 5. The van der Waals surface area contributed by atoms with Crippen molar-refractivity contribution in [2.45, 2.75) is 46.5 Å². The van der Waals surface area contributed by atoms with Crippen molar-refractivity contribution in [1.29, 1.82) is 0 Å². The van der Waals surface area contributed by atoms with E-state index in [1.165, 1.54) is 6.08 Å². The maximum Gasteiger partial charge on any atom is 0.307 e. The highest BCUT2D eigenvalue weighted by Gasteiger charge is 2.24. The molecule has 198 valence electrons. The van der Waals surface area contributed by atoms with Gasteiger partial charge in [-0.25, -0.2) is 9.38 Å². The normalized spacial score (nSPS) is 17.8. The third kappa shape index (κ3) is 10.0. The van der Waals surface area contributed by atoms with Crippen LogP contribution >= 0.6 is 0 Å². The average molecular weight is 501 g/mol. The lowest BCUT2D eigenvalue weighted by Gasteiger charge is -2.38. The van der Waals surface area contributed by atoms with Gasteiger partial charge in [-0.05, 0) is 45.1 Å². The fourth-order valence-electron chi connectivity index (χ4n) is 3.82. The van der Waals surface area contributed by atoms with Crippen LogP contribution in [0.2, 0.25) is 0 Å². The van der Waals surface area contributed by atoms with Crippen molar-refractivity contribution >= 4 is 24.4 Å². The third-order valence-corrected chi connectivity index (χ3v) is 5.67. The van der Waals surface area contributed by atoms with Crippen LogP contribution in [-0.2, 0) is 4.79 Å². The van der Waals surface area contributed by atoms with Crippen molar-refractivity contribution in [3.05, 3.63) is 59.4 Å². The van der Waals surface area contributed by atoms with E-state index in [1.807, 2.05) is 37.2 Å². The molecule has 0 amide bonds. The van der Waals surface area contributed by atoms with Crippen LogP contribution in [0.4, 0.5) is 4.39 Å². The highest BCUT2D eigenvalue weighted by Crippen LogP contribution is 2.16. The molecule has 1 fully saturated rings. The molecule has 2 N–H and O–H groups in total. The van der Waals surface area contributed by atoms with Crippen LogP contribution in [0.15, 0.2) is 74.4 Å². The van der Waals surface area contributed by atoms with Gasteiger partial charge in [0.2, 0.25) is 0 Å². The number of aliphatic carboxylic acids is 1. The summed E-state index contributed by atoms with van der Waals surface area (Å²) in [5.74, 6) is -0.119. The Bertz CT molecular complexity index is 951. The molecule has 0 aromatic carbocycles. The quantitative estimate of drug-likeness (QED) is 0.286. The van der Waals surface area contributed by atoms with E-state index in [4.69, 9.17) is 5.11 Å².